The first kappa shape index (κ1) is 8.20. The van der Waals surface area contributed by atoms with E-state index in [1.54, 1.807) is 0 Å². The Hall–Kier alpha value is -1.41. The monoisotopic (exact) mass is 173 g/mol. The first-order chi connectivity index (χ1) is 6.31. The second-order valence-corrected chi connectivity index (χ2v) is 3.11. The van der Waals surface area contributed by atoms with Crippen LogP contribution < -0.4 is 0 Å². The normalized spacial score (nSPS) is 10.6. The average molecular weight is 173 g/mol. The number of nitrogens with zero attached hydrogens (tertiary/aromatic N) is 1. The van der Waals surface area contributed by atoms with Crippen molar-refractivity contribution in [3.05, 3.63) is 41.6 Å². The van der Waals surface area contributed by atoms with Crippen LogP contribution in [0.3, 0.4) is 0 Å². The van der Waals surface area contributed by atoms with Crippen molar-refractivity contribution in [1.29, 1.82) is 0 Å². The molecule has 0 spiro atoms. The molecule has 0 aliphatic carbocycles. The number of rotatable bonds is 1. The highest BCUT2D eigenvalue weighted by molar-refractivity contribution is 5.81. The van der Waals surface area contributed by atoms with Crippen molar-refractivity contribution in [2.45, 2.75) is 13.5 Å². The summed E-state index contributed by atoms with van der Waals surface area (Å²) in [6, 6.07) is 9.87. The molecule has 0 saturated heterocycles. The number of aryl methyl sites for hydroxylation is 1. The molecule has 0 saturated carbocycles. The second kappa shape index (κ2) is 3.15. The van der Waals surface area contributed by atoms with Gasteiger partial charge in [0.05, 0.1) is 17.8 Å². The fraction of sp³-hybridized carbons (Fsp3) is 0.182. The van der Waals surface area contributed by atoms with Gasteiger partial charge >= 0.3 is 0 Å². The van der Waals surface area contributed by atoms with E-state index in [0.29, 0.717) is 0 Å². The zero-order valence-corrected chi connectivity index (χ0v) is 7.49. The lowest BCUT2D eigenvalue weighted by Gasteiger charge is -2.03. The molecule has 1 aromatic carbocycles. The van der Waals surface area contributed by atoms with Gasteiger partial charge < -0.3 is 5.11 Å². The highest BCUT2D eigenvalue weighted by atomic mass is 16.3. The van der Waals surface area contributed by atoms with Gasteiger partial charge in [0.2, 0.25) is 0 Å². The molecular weight excluding hydrogens is 162 g/mol. The van der Waals surface area contributed by atoms with Gasteiger partial charge in [0.25, 0.3) is 0 Å². The minimum atomic E-state index is 0.00563. The van der Waals surface area contributed by atoms with Crippen LogP contribution in [0.2, 0.25) is 0 Å². The Morgan fingerprint density at radius 2 is 2.08 bits per heavy atom. The molecule has 2 aromatic rings. The third-order valence-corrected chi connectivity index (χ3v) is 2.14. The Morgan fingerprint density at radius 1 is 1.31 bits per heavy atom. The Balaban J connectivity index is 2.77. The maximum absolute atomic E-state index is 8.96. The molecule has 0 fully saturated rings. The van der Waals surface area contributed by atoms with Crippen LogP contribution in [-0.4, -0.2) is 10.1 Å². The van der Waals surface area contributed by atoms with Crippen molar-refractivity contribution >= 4 is 10.9 Å². The predicted molar refractivity (Wildman–Crippen MR) is 52.4 cm³/mol. The molecule has 13 heavy (non-hydrogen) atoms. The predicted octanol–water partition coefficient (Wildman–Crippen LogP) is 2.04. The van der Waals surface area contributed by atoms with E-state index in [1.165, 1.54) is 0 Å². The lowest BCUT2D eigenvalue weighted by atomic mass is 10.1. The summed E-state index contributed by atoms with van der Waals surface area (Å²) in [5.41, 5.74) is 2.84. The minimum Gasteiger partial charge on any atom is -0.390 e. The number of fused-ring (bicyclic) bond motifs is 1. The Kier molecular flexibility index (Phi) is 1.99. The molecule has 0 bridgehead atoms. The van der Waals surface area contributed by atoms with Crippen LogP contribution in [0.4, 0.5) is 0 Å². The summed E-state index contributed by atoms with van der Waals surface area (Å²) in [6.45, 7) is 2.04. The summed E-state index contributed by atoms with van der Waals surface area (Å²) in [6.07, 6.45) is 0. The molecular formula is C11H11NO. The molecule has 2 rings (SSSR count). The van der Waals surface area contributed by atoms with Crippen LogP contribution >= 0.6 is 0 Å². The van der Waals surface area contributed by atoms with Gasteiger partial charge in [-0.1, -0.05) is 18.2 Å². The summed E-state index contributed by atoms with van der Waals surface area (Å²) >= 11 is 0. The number of hydrogen-bond acceptors (Lipinski definition) is 2. The molecule has 1 heterocycles. The third kappa shape index (κ3) is 1.40. The third-order valence-electron chi connectivity index (χ3n) is 2.14. The molecule has 1 N–H and O–H groups in total. The summed E-state index contributed by atoms with van der Waals surface area (Å²) in [5.74, 6) is 0. The van der Waals surface area contributed by atoms with Gasteiger partial charge in [-0.2, -0.15) is 0 Å². The number of benzene rings is 1. The minimum absolute atomic E-state index is 0.00563. The van der Waals surface area contributed by atoms with Gasteiger partial charge in [-0.25, -0.2) is 0 Å². The van der Waals surface area contributed by atoms with Gasteiger partial charge in [0, 0.05) is 5.39 Å². The maximum Gasteiger partial charge on any atom is 0.0853 e. The molecule has 2 nitrogen and oxygen atoms in total. The van der Waals surface area contributed by atoms with E-state index in [2.05, 4.69) is 4.98 Å². The van der Waals surface area contributed by atoms with Crippen LogP contribution in [0.15, 0.2) is 30.3 Å². The summed E-state index contributed by atoms with van der Waals surface area (Å²) < 4.78 is 0. The van der Waals surface area contributed by atoms with Gasteiger partial charge in [-0.05, 0) is 24.6 Å². The number of pyridine rings is 1. The molecule has 0 aliphatic rings. The average Bonchev–Trinajstić information content (AvgIpc) is 2.18. The molecule has 0 radical (unpaired) electrons. The molecule has 2 heteroatoms. The van der Waals surface area contributed by atoms with E-state index in [-0.39, 0.29) is 6.61 Å². The quantitative estimate of drug-likeness (QED) is 0.715. The molecule has 0 aliphatic heterocycles. The summed E-state index contributed by atoms with van der Waals surface area (Å²) in [7, 11) is 0. The fourth-order valence-electron chi connectivity index (χ4n) is 1.50. The van der Waals surface area contributed by atoms with Crippen LogP contribution in [0.5, 0.6) is 0 Å². The van der Waals surface area contributed by atoms with Crippen molar-refractivity contribution in [1.82, 2.24) is 4.98 Å². The molecule has 66 valence electrons. The van der Waals surface area contributed by atoms with Crippen molar-refractivity contribution < 1.29 is 5.11 Å². The van der Waals surface area contributed by atoms with Crippen LogP contribution in [0.25, 0.3) is 10.9 Å². The van der Waals surface area contributed by atoms with Crippen LogP contribution in [-0.2, 0) is 6.61 Å². The van der Waals surface area contributed by atoms with Crippen molar-refractivity contribution in [3.63, 3.8) is 0 Å². The number of para-hydroxylation sites is 1. The number of aromatic nitrogens is 1. The van der Waals surface area contributed by atoms with Crippen LogP contribution in [0.1, 0.15) is 11.3 Å². The lowest BCUT2D eigenvalue weighted by Crippen LogP contribution is -1.91. The first-order valence-electron chi connectivity index (χ1n) is 4.27. The molecule has 1 aromatic heterocycles. The summed E-state index contributed by atoms with van der Waals surface area (Å²) in [5, 5.41) is 10.1. The zero-order chi connectivity index (χ0) is 9.26. The second-order valence-electron chi connectivity index (χ2n) is 3.11. The summed E-state index contributed by atoms with van der Waals surface area (Å²) in [4.78, 5) is 4.30. The van der Waals surface area contributed by atoms with E-state index in [4.69, 9.17) is 5.11 Å². The van der Waals surface area contributed by atoms with E-state index in [0.717, 1.165) is 22.2 Å². The standard InChI is InChI=1S/C11H11NO/c1-8-6-9(7-13)12-11-5-3-2-4-10(8)11/h2-6,13H,7H2,1H3. The zero-order valence-electron chi connectivity index (χ0n) is 7.49. The van der Waals surface area contributed by atoms with E-state index in [9.17, 15) is 0 Å². The highest BCUT2D eigenvalue weighted by Crippen LogP contribution is 2.16. The smallest absolute Gasteiger partial charge is 0.0853 e. The highest BCUT2D eigenvalue weighted by Gasteiger charge is 1.99. The lowest BCUT2D eigenvalue weighted by molar-refractivity contribution is 0.277. The van der Waals surface area contributed by atoms with Crippen molar-refractivity contribution in [3.8, 4) is 0 Å². The Bertz CT molecular complexity index is 437. The number of hydrogen-bond donors (Lipinski definition) is 1. The number of aliphatic hydroxyl groups excluding tert-OH is 1. The van der Waals surface area contributed by atoms with E-state index >= 15 is 0 Å². The van der Waals surface area contributed by atoms with Crippen LogP contribution in [0, 0.1) is 6.92 Å². The Labute approximate surface area is 76.9 Å². The molecule has 0 amide bonds. The van der Waals surface area contributed by atoms with Gasteiger partial charge in [0.15, 0.2) is 0 Å². The molecule has 0 unspecified atom stereocenters. The Morgan fingerprint density at radius 3 is 2.85 bits per heavy atom. The van der Waals surface area contributed by atoms with Crippen molar-refractivity contribution in [2.24, 2.45) is 0 Å². The van der Waals surface area contributed by atoms with Gasteiger partial charge in [-0.3, -0.25) is 4.98 Å². The first-order valence-corrected chi connectivity index (χ1v) is 4.27. The maximum atomic E-state index is 8.96. The molecule has 0 atom stereocenters. The van der Waals surface area contributed by atoms with Crippen molar-refractivity contribution in [2.75, 3.05) is 0 Å². The fourth-order valence-corrected chi connectivity index (χ4v) is 1.50. The van der Waals surface area contributed by atoms with Gasteiger partial charge in [0.1, 0.15) is 0 Å². The largest absolute Gasteiger partial charge is 0.390 e. The number of aliphatic hydroxyl groups is 1. The van der Waals surface area contributed by atoms with Gasteiger partial charge in [-0.15, -0.1) is 0 Å². The van der Waals surface area contributed by atoms with E-state index < -0.39 is 0 Å². The SMILES string of the molecule is Cc1cc(CO)nc2ccccc12. The topological polar surface area (TPSA) is 33.1 Å². The van der Waals surface area contributed by atoms with E-state index in [1.807, 2.05) is 37.3 Å².